The zero-order valence-corrected chi connectivity index (χ0v) is 17.8. The number of hydrogen-bond donors (Lipinski definition) is 0. The molecule has 0 bridgehead atoms. The molecule has 0 unspecified atom stereocenters. The summed E-state index contributed by atoms with van der Waals surface area (Å²) in [5, 5.41) is 6.06. The Morgan fingerprint density at radius 3 is 2.68 bits per heavy atom. The maximum Gasteiger partial charge on any atom is 0.274 e. The van der Waals surface area contributed by atoms with Crippen molar-refractivity contribution in [3.63, 3.8) is 0 Å². The maximum atomic E-state index is 12.8. The average Bonchev–Trinajstić information content (AvgIpc) is 3.51. The lowest BCUT2D eigenvalue weighted by Crippen LogP contribution is -2.49. The summed E-state index contributed by atoms with van der Waals surface area (Å²) < 4.78 is 5.37. The molecule has 0 radical (unpaired) electrons. The summed E-state index contributed by atoms with van der Waals surface area (Å²) in [6.45, 7) is 4.01. The number of nitrogens with zero attached hydrogens (tertiary/aromatic N) is 6. The monoisotopic (exact) mass is 434 g/mol. The van der Waals surface area contributed by atoms with Crippen LogP contribution in [0.15, 0.2) is 52.5 Å². The van der Waals surface area contributed by atoms with Gasteiger partial charge in [-0.1, -0.05) is 23.4 Å². The summed E-state index contributed by atoms with van der Waals surface area (Å²) in [6.07, 6.45) is 3.27. The van der Waals surface area contributed by atoms with Crippen molar-refractivity contribution in [2.24, 2.45) is 0 Å². The number of amides is 1. The van der Waals surface area contributed by atoms with Crippen LogP contribution in [-0.4, -0.2) is 68.5 Å². The van der Waals surface area contributed by atoms with Crippen LogP contribution in [0, 0.1) is 0 Å². The van der Waals surface area contributed by atoms with E-state index in [0.717, 1.165) is 48.4 Å². The van der Waals surface area contributed by atoms with Crippen molar-refractivity contribution in [1.82, 2.24) is 29.9 Å². The molecule has 8 nitrogen and oxygen atoms in total. The van der Waals surface area contributed by atoms with E-state index in [1.807, 2.05) is 46.7 Å². The van der Waals surface area contributed by atoms with Gasteiger partial charge in [-0.15, -0.1) is 11.3 Å². The molecule has 0 atom stereocenters. The highest BCUT2D eigenvalue weighted by atomic mass is 32.1. The van der Waals surface area contributed by atoms with Gasteiger partial charge in [-0.05, 0) is 36.5 Å². The molecule has 1 aromatic carbocycles. The summed E-state index contributed by atoms with van der Waals surface area (Å²) >= 11 is 1.60. The molecule has 5 rings (SSSR count). The topological polar surface area (TPSA) is 88.3 Å². The predicted molar refractivity (Wildman–Crippen MR) is 118 cm³/mol. The molecule has 9 heteroatoms. The third-order valence-corrected chi connectivity index (χ3v) is 6.27. The summed E-state index contributed by atoms with van der Waals surface area (Å²) in [7, 11) is 0. The number of benzene rings is 1. The first-order chi connectivity index (χ1) is 15.3. The number of fused-ring (bicyclic) bond motifs is 1. The lowest BCUT2D eigenvalue weighted by atomic mass is 10.2. The van der Waals surface area contributed by atoms with Crippen LogP contribution in [0.25, 0.3) is 21.7 Å². The number of piperazine rings is 1. The van der Waals surface area contributed by atoms with Crippen LogP contribution in [0.1, 0.15) is 22.8 Å². The van der Waals surface area contributed by atoms with Gasteiger partial charge in [0.15, 0.2) is 0 Å². The van der Waals surface area contributed by atoms with Gasteiger partial charge in [0.2, 0.25) is 11.7 Å². The first kappa shape index (κ1) is 19.8. The smallest absolute Gasteiger partial charge is 0.274 e. The number of carbonyl (C=O) groups is 1. The van der Waals surface area contributed by atoms with Crippen LogP contribution in [-0.2, 0) is 6.42 Å². The maximum absolute atomic E-state index is 12.8. The highest BCUT2D eigenvalue weighted by Crippen LogP contribution is 2.21. The van der Waals surface area contributed by atoms with E-state index in [4.69, 9.17) is 4.52 Å². The predicted octanol–water partition coefficient (Wildman–Crippen LogP) is 3.13. The third-order valence-electron chi connectivity index (χ3n) is 5.40. The number of aryl methyl sites for hydroxylation is 1. The number of thiophene rings is 1. The fourth-order valence-electron chi connectivity index (χ4n) is 3.71. The second-order valence-electron chi connectivity index (χ2n) is 7.47. The molecule has 0 N–H and O–H groups in total. The molecule has 1 fully saturated rings. The summed E-state index contributed by atoms with van der Waals surface area (Å²) in [5.74, 6) is 1.28. The first-order valence-electron chi connectivity index (χ1n) is 10.4. The van der Waals surface area contributed by atoms with E-state index in [1.54, 1.807) is 17.5 Å². The van der Waals surface area contributed by atoms with Gasteiger partial charge in [-0.2, -0.15) is 4.98 Å². The minimum Gasteiger partial charge on any atom is -0.339 e. The Kier molecular flexibility index (Phi) is 5.68. The Morgan fingerprint density at radius 2 is 1.87 bits per heavy atom. The number of aromatic nitrogens is 4. The third kappa shape index (κ3) is 4.47. The number of para-hydroxylation sites is 2. The average molecular weight is 435 g/mol. The molecule has 0 spiro atoms. The summed E-state index contributed by atoms with van der Waals surface area (Å²) in [4.78, 5) is 31.4. The first-order valence-corrected chi connectivity index (χ1v) is 11.2. The standard InChI is InChI=1S/C22H22N6O2S/c29-22(18-15-23-16-5-1-2-6-17(16)24-18)28-12-10-27(11-13-28)9-3-8-20-25-21(26-30-20)19-7-4-14-31-19/h1-2,4-7,14-15H,3,8-13H2. The molecule has 1 aliphatic rings. The van der Waals surface area contributed by atoms with Crippen molar-refractivity contribution in [2.45, 2.75) is 12.8 Å². The molecule has 1 aliphatic heterocycles. The molecule has 0 saturated carbocycles. The Morgan fingerprint density at radius 1 is 1.03 bits per heavy atom. The molecule has 1 saturated heterocycles. The minimum absolute atomic E-state index is 0.0510. The zero-order valence-electron chi connectivity index (χ0n) is 17.0. The second kappa shape index (κ2) is 8.91. The fourth-order valence-corrected chi connectivity index (χ4v) is 4.36. The Bertz CT molecular complexity index is 1170. The van der Waals surface area contributed by atoms with Crippen LogP contribution in [0.5, 0.6) is 0 Å². The van der Waals surface area contributed by atoms with Crippen molar-refractivity contribution in [2.75, 3.05) is 32.7 Å². The molecule has 3 aromatic heterocycles. The lowest BCUT2D eigenvalue weighted by molar-refractivity contribution is 0.0630. The van der Waals surface area contributed by atoms with E-state index >= 15 is 0 Å². The number of hydrogen-bond acceptors (Lipinski definition) is 8. The van der Waals surface area contributed by atoms with Gasteiger partial charge < -0.3 is 9.42 Å². The van der Waals surface area contributed by atoms with Gasteiger partial charge in [0.1, 0.15) is 5.69 Å². The van der Waals surface area contributed by atoms with Crippen molar-refractivity contribution < 1.29 is 9.32 Å². The SMILES string of the molecule is O=C(c1cnc2ccccc2n1)N1CCN(CCCc2nc(-c3cccs3)no2)CC1. The van der Waals surface area contributed by atoms with Crippen molar-refractivity contribution in [3.05, 3.63) is 59.6 Å². The normalized spacial score (nSPS) is 14.9. The van der Waals surface area contributed by atoms with Gasteiger partial charge in [-0.25, -0.2) is 4.98 Å². The van der Waals surface area contributed by atoms with Crippen LogP contribution >= 0.6 is 11.3 Å². The quantitative estimate of drug-likeness (QED) is 0.461. The van der Waals surface area contributed by atoms with E-state index in [0.29, 0.717) is 30.5 Å². The molecule has 0 aliphatic carbocycles. The Balaban J connectivity index is 1.10. The van der Waals surface area contributed by atoms with Crippen molar-refractivity contribution in [3.8, 4) is 10.7 Å². The van der Waals surface area contributed by atoms with Crippen LogP contribution in [0.4, 0.5) is 0 Å². The van der Waals surface area contributed by atoms with Gasteiger partial charge in [-0.3, -0.25) is 14.7 Å². The Labute approximate surface area is 183 Å². The largest absolute Gasteiger partial charge is 0.339 e. The van der Waals surface area contributed by atoms with E-state index in [9.17, 15) is 4.79 Å². The molecular formula is C22H22N6O2S. The van der Waals surface area contributed by atoms with E-state index in [1.165, 1.54) is 0 Å². The molecular weight excluding hydrogens is 412 g/mol. The lowest BCUT2D eigenvalue weighted by Gasteiger charge is -2.34. The Hall–Kier alpha value is -3.17. The molecule has 31 heavy (non-hydrogen) atoms. The van der Waals surface area contributed by atoms with Crippen molar-refractivity contribution >= 4 is 28.3 Å². The number of rotatable bonds is 6. The minimum atomic E-state index is -0.0510. The molecule has 4 aromatic rings. The molecule has 158 valence electrons. The fraction of sp³-hybridized carbons (Fsp3) is 0.318. The zero-order chi connectivity index (χ0) is 21.0. The highest BCUT2D eigenvalue weighted by Gasteiger charge is 2.23. The van der Waals surface area contributed by atoms with Crippen LogP contribution in [0.3, 0.4) is 0 Å². The van der Waals surface area contributed by atoms with E-state index in [2.05, 4.69) is 25.0 Å². The summed E-state index contributed by atoms with van der Waals surface area (Å²) in [5.41, 5.74) is 1.95. The van der Waals surface area contributed by atoms with Gasteiger partial charge in [0.25, 0.3) is 5.91 Å². The van der Waals surface area contributed by atoms with E-state index in [-0.39, 0.29) is 5.91 Å². The second-order valence-corrected chi connectivity index (χ2v) is 8.42. The molecule has 1 amide bonds. The van der Waals surface area contributed by atoms with Crippen LogP contribution < -0.4 is 0 Å². The van der Waals surface area contributed by atoms with E-state index < -0.39 is 0 Å². The molecule has 4 heterocycles. The van der Waals surface area contributed by atoms with Crippen molar-refractivity contribution in [1.29, 1.82) is 0 Å². The van der Waals surface area contributed by atoms with Gasteiger partial charge in [0.05, 0.1) is 22.1 Å². The van der Waals surface area contributed by atoms with Crippen LogP contribution in [0.2, 0.25) is 0 Å². The number of carbonyl (C=O) groups excluding carboxylic acids is 1. The highest BCUT2D eigenvalue weighted by molar-refractivity contribution is 7.13. The summed E-state index contributed by atoms with van der Waals surface area (Å²) in [6, 6.07) is 11.6. The van der Waals surface area contributed by atoms with Gasteiger partial charge in [0, 0.05) is 32.6 Å². The van der Waals surface area contributed by atoms with Gasteiger partial charge >= 0.3 is 0 Å².